The van der Waals surface area contributed by atoms with Gasteiger partial charge in [-0.25, -0.2) is 9.22 Å². The number of carbonyl (C=O) groups is 3. The van der Waals surface area contributed by atoms with E-state index in [1.807, 2.05) is 51.0 Å². The third-order valence-corrected chi connectivity index (χ3v) is 11.7. The minimum Gasteiger partial charge on any atom is -0.465 e. The van der Waals surface area contributed by atoms with Crippen LogP contribution in [0.1, 0.15) is 71.2 Å². The van der Waals surface area contributed by atoms with E-state index in [9.17, 15) is 18.6 Å². The lowest BCUT2D eigenvalue weighted by Crippen LogP contribution is -2.39. The molecule has 3 N–H and O–H groups in total. The predicted molar refractivity (Wildman–Crippen MR) is 263 cm³/mol. The lowest BCUT2D eigenvalue weighted by Gasteiger charge is -2.25. The van der Waals surface area contributed by atoms with Crippen molar-refractivity contribution in [2.75, 3.05) is 59.7 Å². The van der Waals surface area contributed by atoms with Crippen molar-refractivity contribution in [3.8, 4) is 22.4 Å². The van der Waals surface area contributed by atoms with E-state index in [-0.39, 0.29) is 30.1 Å². The molecule has 0 bridgehead atoms. The maximum atomic E-state index is 12.7. The summed E-state index contributed by atoms with van der Waals surface area (Å²) in [5.74, 6) is 0.106. The van der Waals surface area contributed by atoms with Crippen LogP contribution in [0.15, 0.2) is 78.9 Å². The number of aryl methyl sites for hydroxylation is 1. The van der Waals surface area contributed by atoms with Gasteiger partial charge in [-0.05, 0) is 118 Å². The molecule has 1 fully saturated rings. The molecule has 4 aromatic rings. The first-order valence-corrected chi connectivity index (χ1v) is 23.3. The first-order chi connectivity index (χ1) is 30.5. The van der Waals surface area contributed by atoms with E-state index in [4.69, 9.17) is 9.47 Å². The summed E-state index contributed by atoms with van der Waals surface area (Å²) in [6.07, 6.45) is 10.7. The summed E-state index contributed by atoms with van der Waals surface area (Å²) < 4.78 is 29.2. The second-order valence-corrected chi connectivity index (χ2v) is 18.4. The number of nitrogens with zero attached hydrogens (tertiary/aromatic N) is 4. The number of hydrogen-bond donors (Lipinski definition) is 3. The average Bonchev–Trinajstić information content (AvgIpc) is 3.56. The van der Waals surface area contributed by atoms with Gasteiger partial charge in [-0.1, -0.05) is 58.6 Å². The Morgan fingerprint density at radius 3 is 2.38 bits per heavy atom. The standard InChI is InChI=1S/C38H46N4O5S.C7H15NO.C5H12N2/c1-8-10-16-48(45)41-30-18-27(19-31(23-43)39-6)17-29(20-30)28-13-14-36-33(21-28)34(22-38(4,5)25-47-26(3)44)37(42(36)9-2)32-12-11-15-40-35(32)24-46-7;1-6(2)7(5-9)8(3)4;1-7-5-3-2-4-6-7/h8,10-18,20-21,23,31,39,41H,1,9,19,22,24-25H2,2-7H3;5-7H,1-4H3;6H,2-5H2,1H3/b16-10-;;/t;7-;/m.1./s1. The summed E-state index contributed by atoms with van der Waals surface area (Å²) in [6.45, 7) is 19.2. The molecule has 2 aromatic carbocycles. The van der Waals surface area contributed by atoms with E-state index in [1.165, 1.54) is 31.7 Å². The van der Waals surface area contributed by atoms with Crippen LogP contribution in [0.4, 0.5) is 5.69 Å². The van der Waals surface area contributed by atoms with Crippen molar-refractivity contribution in [2.24, 2.45) is 11.3 Å². The van der Waals surface area contributed by atoms with E-state index in [2.05, 4.69) is 94.8 Å². The van der Waals surface area contributed by atoms with Crippen LogP contribution in [-0.2, 0) is 60.8 Å². The molecule has 5 rings (SSSR count). The topological polar surface area (TPSA) is 147 Å². The van der Waals surface area contributed by atoms with Gasteiger partial charge in [0.25, 0.3) is 0 Å². The van der Waals surface area contributed by atoms with Crippen molar-refractivity contribution in [2.45, 2.75) is 92.5 Å². The molecule has 13 nitrogen and oxygen atoms in total. The van der Waals surface area contributed by atoms with Gasteiger partial charge in [0.1, 0.15) is 23.6 Å². The van der Waals surface area contributed by atoms with Gasteiger partial charge < -0.3 is 33.7 Å². The SMILES string of the molecule is C=C/C=C\S(=O)Nc1cc(CC(C=O)NC)cc(-c2ccc3c(c2)c(CC(C)(C)COC(C)=O)c(-c2cccnc2COC)n3CC)c1.CC(C)[C@@H](C=O)N(C)C.CN1CCCCN1. The minimum absolute atomic E-state index is 0.0741. The molecular weight excluding hydrogens is 827 g/mol. The highest BCUT2D eigenvalue weighted by Gasteiger charge is 2.28. The summed E-state index contributed by atoms with van der Waals surface area (Å²) >= 11 is 0. The number of fused-ring (bicyclic) bond motifs is 1. The normalized spacial score (nSPS) is 14.6. The number of nitrogens with one attached hydrogen (secondary N) is 3. The van der Waals surface area contributed by atoms with Crippen LogP contribution < -0.4 is 15.5 Å². The van der Waals surface area contributed by atoms with Gasteiger partial charge in [-0.15, -0.1) is 0 Å². The highest BCUT2D eigenvalue weighted by Crippen LogP contribution is 2.41. The zero-order valence-corrected chi connectivity index (χ0v) is 40.8. The van der Waals surface area contributed by atoms with Crippen LogP contribution >= 0.6 is 0 Å². The number of carbonyl (C=O) groups excluding carboxylic acids is 3. The fourth-order valence-corrected chi connectivity index (χ4v) is 8.31. The molecule has 0 spiro atoms. The number of rotatable bonds is 20. The summed E-state index contributed by atoms with van der Waals surface area (Å²) in [7, 11) is 7.86. The number of ether oxygens (including phenoxy) is 2. The van der Waals surface area contributed by atoms with Gasteiger partial charge in [0.2, 0.25) is 0 Å². The Morgan fingerprint density at radius 1 is 1.09 bits per heavy atom. The monoisotopic (exact) mass is 900 g/mol. The number of likely N-dealkylation sites (N-methyl/N-ethyl adjacent to an activating group) is 2. The number of aromatic nitrogens is 2. The smallest absolute Gasteiger partial charge is 0.302 e. The summed E-state index contributed by atoms with van der Waals surface area (Å²) in [4.78, 5) is 40.4. The molecule has 14 heteroatoms. The second kappa shape index (κ2) is 26.8. The number of anilines is 1. The van der Waals surface area contributed by atoms with Crippen molar-refractivity contribution in [3.05, 3.63) is 95.7 Å². The van der Waals surface area contributed by atoms with Gasteiger partial charge in [0, 0.05) is 79.9 Å². The van der Waals surface area contributed by atoms with Crippen molar-refractivity contribution in [1.82, 2.24) is 30.2 Å². The molecule has 0 radical (unpaired) electrons. The molecule has 0 amide bonds. The Kier molecular flexibility index (Phi) is 22.4. The Hall–Kier alpha value is -4.83. The number of aldehydes is 2. The van der Waals surface area contributed by atoms with Crippen LogP contribution in [-0.4, -0.2) is 109 Å². The third kappa shape index (κ3) is 16.3. The molecule has 2 aromatic heterocycles. The number of benzene rings is 2. The minimum atomic E-state index is -1.47. The van der Waals surface area contributed by atoms with Crippen LogP contribution in [0, 0.1) is 11.3 Å². The maximum Gasteiger partial charge on any atom is 0.302 e. The third-order valence-electron chi connectivity index (χ3n) is 10.8. The Balaban J connectivity index is 0.000000570. The Bertz CT molecular complexity index is 2170. The average molecular weight is 900 g/mol. The first-order valence-electron chi connectivity index (χ1n) is 22.0. The Morgan fingerprint density at radius 2 is 1.84 bits per heavy atom. The number of hydrogen-bond acceptors (Lipinski definition) is 11. The largest absolute Gasteiger partial charge is 0.465 e. The number of allylic oxidation sites excluding steroid dienone is 2. The van der Waals surface area contributed by atoms with Crippen molar-refractivity contribution in [3.63, 3.8) is 0 Å². The van der Waals surface area contributed by atoms with Crippen molar-refractivity contribution < 1.29 is 28.1 Å². The van der Waals surface area contributed by atoms with Gasteiger partial charge in [0.15, 0.2) is 0 Å². The molecule has 3 atom stereocenters. The summed E-state index contributed by atoms with van der Waals surface area (Å²) in [6, 6.07) is 16.1. The van der Waals surface area contributed by atoms with Gasteiger partial charge in [-0.3, -0.25) is 20.1 Å². The van der Waals surface area contributed by atoms with Crippen LogP contribution in [0.5, 0.6) is 0 Å². The highest BCUT2D eigenvalue weighted by molar-refractivity contribution is 7.89. The van der Waals surface area contributed by atoms with E-state index < -0.39 is 11.0 Å². The fraction of sp³-hybridized carbons (Fsp3) is 0.480. The number of esters is 1. The summed E-state index contributed by atoms with van der Waals surface area (Å²) in [5, 5.41) is 7.79. The van der Waals surface area contributed by atoms with Gasteiger partial charge in [-0.2, -0.15) is 0 Å². The van der Waals surface area contributed by atoms with Crippen LogP contribution in [0.25, 0.3) is 33.3 Å². The number of methoxy groups -OCH3 is 1. The molecule has 64 heavy (non-hydrogen) atoms. The zero-order chi connectivity index (χ0) is 47.4. The van der Waals surface area contributed by atoms with Crippen LogP contribution in [0.3, 0.4) is 0 Å². The quantitative estimate of drug-likeness (QED) is 0.0455. The zero-order valence-electron chi connectivity index (χ0n) is 40.0. The maximum absolute atomic E-state index is 12.7. The first kappa shape index (κ1) is 53.5. The van der Waals surface area contributed by atoms with E-state index in [0.29, 0.717) is 31.1 Å². The second-order valence-electron chi connectivity index (χ2n) is 17.3. The van der Waals surface area contributed by atoms with E-state index in [0.717, 1.165) is 75.8 Å². The Labute approximate surface area is 384 Å². The van der Waals surface area contributed by atoms with Crippen LogP contribution in [0.2, 0.25) is 0 Å². The molecule has 0 saturated carbocycles. The number of hydrazine groups is 1. The number of pyridine rings is 1. The molecule has 1 aliphatic heterocycles. The lowest BCUT2D eigenvalue weighted by atomic mass is 9.84. The van der Waals surface area contributed by atoms with E-state index in [1.54, 1.807) is 32.5 Å². The lowest BCUT2D eigenvalue weighted by molar-refractivity contribution is -0.144. The van der Waals surface area contributed by atoms with E-state index >= 15 is 0 Å². The van der Waals surface area contributed by atoms with Gasteiger partial charge in [0.05, 0.1) is 36.7 Å². The van der Waals surface area contributed by atoms with Crippen molar-refractivity contribution >= 4 is 46.1 Å². The molecule has 3 heterocycles. The summed E-state index contributed by atoms with van der Waals surface area (Å²) in [5.41, 5.74) is 11.4. The highest BCUT2D eigenvalue weighted by atomic mass is 32.2. The molecule has 2 unspecified atom stereocenters. The molecule has 1 aliphatic rings. The molecular formula is C50H73N7O6S. The predicted octanol–water partition coefficient (Wildman–Crippen LogP) is 7.76. The molecule has 350 valence electrons. The van der Waals surface area contributed by atoms with Crippen molar-refractivity contribution in [1.29, 1.82) is 0 Å². The van der Waals surface area contributed by atoms with Gasteiger partial charge >= 0.3 is 5.97 Å². The molecule has 1 saturated heterocycles. The molecule has 0 aliphatic carbocycles. The fourth-order valence-electron chi connectivity index (χ4n) is 7.63.